The first-order valence-corrected chi connectivity index (χ1v) is 7.20. The zero-order valence-corrected chi connectivity index (χ0v) is 12.9. The lowest BCUT2D eigenvalue weighted by atomic mass is 10.1. The number of nitrogens with one attached hydrogen (secondary N) is 1. The number of nitrogen functional groups attached to an aromatic ring is 1. The van der Waals surface area contributed by atoms with Crippen LogP contribution in [0.25, 0.3) is 0 Å². The Balaban J connectivity index is 2.59. The smallest absolute Gasteiger partial charge is 0.251 e. The van der Waals surface area contributed by atoms with Crippen LogP contribution in [0.2, 0.25) is 0 Å². The van der Waals surface area contributed by atoms with Crippen LogP contribution in [0.5, 0.6) is 5.75 Å². The second kappa shape index (κ2) is 7.78. The van der Waals surface area contributed by atoms with E-state index in [1.54, 1.807) is 18.2 Å². The van der Waals surface area contributed by atoms with Crippen LogP contribution >= 0.6 is 0 Å². The third kappa shape index (κ3) is 5.51. The van der Waals surface area contributed by atoms with Crippen LogP contribution in [0.15, 0.2) is 18.2 Å². The maximum atomic E-state index is 11.9. The maximum Gasteiger partial charge on any atom is 0.251 e. The number of anilines is 1. The van der Waals surface area contributed by atoms with Gasteiger partial charge in [-0.2, -0.15) is 0 Å². The van der Waals surface area contributed by atoms with Gasteiger partial charge in [-0.1, -0.05) is 27.7 Å². The van der Waals surface area contributed by atoms with Crippen LogP contribution in [-0.4, -0.2) is 19.1 Å². The van der Waals surface area contributed by atoms with Gasteiger partial charge in [0.15, 0.2) is 0 Å². The summed E-state index contributed by atoms with van der Waals surface area (Å²) in [6, 6.07) is 5.17. The zero-order chi connectivity index (χ0) is 15.1. The van der Waals surface area contributed by atoms with Crippen molar-refractivity contribution in [1.29, 1.82) is 0 Å². The van der Waals surface area contributed by atoms with E-state index in [4.69, 9.17) is 10.5 Å². The van der Waals surface area contributed by atoms with E-state index >= 15 is 0 Å². The van der Waals surface area contributed by atoms with Crippen LogP contribution < -0.4 is 15.8 Å². The van der Waals surface area contributed by atoms with Crippen molar-refractivity contribution in [3.8, 4) is 5.75 Å². The van der Waals surface area contributed by atoms with Crippen molar-refractivity contribution in [2.24, 2.45) is 11.8 Å². The predicted octanol–water partition coefficient (Wildman–Crippen LogP) is 3.08. The van der Waals surface area contributed by atoms with E-state index in [0.29, 0.717) is 42.0 Å². The summed E-state index contributed by atoms with van der Waals surface area (Å²) < 4.78 is 5.59. The lowest BCUT2D eigenvalue weighted by Crippen LogP contribution is -2.25. The van der Waals surface area contributed by atoms with E-state index in [9.17, 15) is 4.79 Å². The van der Waals surface area contributed by atoms with Crippen LogP contribution in [-0.2, 0) is 0 Å². The molecule has 0 fully saturated rings. The lowest BCUT2D eigenvalue weighted by molar-refractivity contribution is 0.0952. The Kier molecular flexibility index (Phi) is 6.36. The van der Waals surface area contributed by atoms with Crippen molar-refractivity contribution in [2.45, 2.75) is 34.1 Å². The molecule has 0 radical (unpaired) electrons. The first-order chi connectivity index (χ1) is 9.40. The monoisotopic (exact) mass is 278 g/mol. The minimum absolute atomic E-state index is 0.0900. The molecule has 0 atom stereocenters. The van der Waals surface area contributed by atoms with E-state index in [2.05, 4.69) is 33.0 Å². The summed E-state index contributed by atoms with van der Waals surface area (Å²) in [6.07, 6.45) is 0.969. The second-order valence-corrected chi connectivity index (χ2v) is 5.90. The van der Waals surface area contributed by atoms with Crippen molar-refractivity contribution in [3.05, 3.63) is 23.8 Å². The van der Waals surface area contributed by atoms with Crippen LogP contribution in [0.1, 0.15) is 44.5 Å². The zero-order valence-electron chi connectivity index (χ0n) is 12.9. The molecule has 0 aromatic heterocycles. The predicted molar refractivity (Wildman–Crippen MR) is 83.0 cm³/mol. The number of hydrogen-bond donors (Lipinski definition) is 2. The summed E-state index contributed by atoms with van der Waals surface area (Å²) in [7, 11) is 0. The Morgan fingerprint density at radius 3 is 2.50 bits per heavy atom. The average molecular weight is 278 g/mol. The number of benzene rings is 1. The molecule has 0 heterocycles. The topological polar surface area (TPSA) is 64.3 Å². The van der Waals surface area contributed by atoms with Crippen molar-refractivity contribution < 1.29 is 9.53 Å². The second-order valence-electron chi connectivity index (χ2n) is 5.90. The SMILES string of the molecule is CC(C)CCNC(=O)c1ccc(OCC(C)C)c(N)c1. The van der Waals surface area contributed by atoms with Crippen molar-refractivity contribution >= 4 is 11.6 Å². The number of hydrogen-bond acceptors (Lipinski definition) is 3. The average Bonchev–Trinajstić information content (AvgIpc) is 2.36. The summed E-state index contributed by atoms with van der Waals surface area (Å²) in [6.45, 7) is 9.71. The molecule has 0 aliphatic carbocycles. The van der Waals surface area contributed by atoms with E-state index in [-0.39, 0.29) is 5.91 Å². The molecule has 1 aromatic rings. The number of carbonyl (C=O) groups excluding carboxylic acids is 1. The highest BCUT2D eigenvalue weighted by Crippen LogP contribution is 2.23. The summed E-state index contributed by atoms with van der Waals surface area (Å²) in [5.74, 6) is 1.56. The molecule has 1 aromatic carbocycles. The lowest BCUT2D eigenvalue weighted by Gasteiger charge is -2.12. The molecule has 3 N–H and O–H groups in total. The van der Waals surface area contributed by atoms with Gasteiger partial charge in [-0.05, 0) is 36.5 Å². The molecule has 0 saturated carbocycles. The summed E-state index contributed by atoms with van der Waals surface area (Å²) in [4.78, 5) is 11.9. The quantitative estimate of drug-likeness (QED) is 0.753. The van der Waals surface area contributed by atoms with E-state index in [1.807, 2.05) is 0 Å². The molecule has 1 rings (SSSR count). The van der Waals surface area contributed by atoms with Crippen molar-refractivity contribution in [2.75, 3.05) is 18.9 Å². The summed E-state index contributed by atoms with van der Waals surface area (Å²) in [5.41, 5.74) is 6.99. The molecule has 0 saturated heterocycles. The Morgan fingerprint density at radius 2 is 1.95 bits per heavy atom. The molecule has 20 heavy (non-hydrogen) atoms. The van der Waals surface area contributed by atoms with Gasteiger partial charge >= 0.3 is 0 Å². The van der Waals surface area contributed by atoms with Crippen LogP contribution in [0.3, 0.4) is 0 Å². The van der Waals surface area contributed by atoms with Gasteiger partial charge in [-0.15, -0.1) is 0 Å². The molecule has 0 unspecified atom stereocenters. The fourth-order valence-electron chi connectivity index (χ4n) is 1.65. The number of rotatable bonds is 7. The van der Waals surface area contributed by atoms with Gasteiger partial charge in [-0.25, -0.2) is 0 Å². The number of amides is 1. The Hall–Kier alpha value is -1.71. The first-order valence-electron chi connectivity index (χ1n) is 7.20. The Bertz CT molecular complexity index is 442. The highest BCUT2D eigenvalue weighted by molar-refractivity contribution is 5.95. The molecule has 0 aliphatic rings. The highest BCUT2D eigenvalue weighted by Gasteiger charge is 2.09. The van der Waals surface area contributed by atoms with Gasteiger partial charge in [0.1, 0.15) is 5.75 Å². The fraction of sp³-hybridized carbons (Fsp3) is 0.562. The van der Waals surface area contributed by atoms with Gasteiger partial charge in [0, 0.05) is 12.1 Å². The number of ether oxygens (including phenoxy) is 1. The normalized spacial score (nSPS) is 10.9. The van der Waals surface area contributed by atoms with Gasteiger partial charge in [0.2, 0.25) is 0 Å². The van der Waals surface area contributed by atoms with E-state index < -0.39 is 0 Å². The first kappa shape index (κ1) is 16.3. The Morgan fingerprint density at radius 1 is 1.25 bits per heavy atom. The van der Waals surface area contributed by atoms with Crippen molar-refractivity contribution in [1.82, 2.24) is 5.32 Å². The van der Waals surface area contributed by atoms with Gasteiger partial charge in [0.05, 0.1) is 12.3 Å². The number of carbonyl (C=O) groups is 1. The third-order valence-electron chi connectivity index (χ3n) is 2.85. The Labute approximate surface area is 121 Å². The molecule has 4 nitrogen and oxygen atoms in total. The van der Waals surface area contributed by atoms with Crippen LogP contribution in [0, 0.1) is 11.8 Å². The van der Waals surface area contributed by atoms with Gasteiger partial charge in [-0.3, -0.25) is 4.79 Å². The molecule has 0 bridgehead atoms. The third-order valence-corrected chi connectivity index (χ3v) is 2.85. The molecular weight excluding hydrogens is 252 g/mol. The molecule has 4 heteroatoms. The number of nitrogens with two attached hydrogens (primary N) is 1. The summed E-state index contributed by atoms with van der Waals surface area (Å²) in [5, 5.41) is 2.89. The van der Waals surface area contributed by atoms with E-state index in [0.717, 1.165) is 6.42 Å². The minimum Gasteiger partial charge on any atom is -0.491 e. The van der Waals surface area contributed by atoms with E-state index in [1.165, 1.54) is 0 Å². The fourth-order valence-corrected chi connectivity index (χ4v) is 1.65. The molecular formula is C16H26N2O2. The molecule has 0 aliphatic heterocycles. The van der Waals surface area contributed by atoms with Crippen molar-refractivity contribution in [3.63, 3.8) is 0 Å². The molecule has 1 amide bonds. The molecule has 0 spiro atoms. The highest BCUT2D eigenvalue weighted by atomic mass is 16.5. The minimum atomic E-state index is -0.0900. The van der Waals surface area contributed by atoms with Gasteiger partial charge in [0.25, 0.3) is 5.91 Å². The maximum absolute atomic E-state index is 11.9. The van der Waals surface area contributed by atoms with Crippen LogP contribution in [0.4, 0.5) is 5.69 Å². The molecule has 112 valence electrons. The summed E-state index contributed by atoms with van der Waals surface area (Å²) >= 11 is 0. The standard InChI is InChI=1S/C16H26N2O2/c1-11(2)7-8-18-16(19)13-5-6-15(14(17)9-13)20-10-12(3)4/h5-6,9,11-12H,7-8,10,17H2,1-4H3,(H,18,19). The van der Waals surface area contributed by atoms with Gasteiger partial charge < -0.3 is 15.8 Å². The largest absolute Gasteiger partial charge is 0.491 e.